The third kappa shape index (κ3) is 3.01. The Balaban J connectivity index is 2.04. The van der Waals surface area contributed by atoms with Gasteiger partial charge in [0.25, 0.3) is 0 Å². The molecular weight excluding hydrogens is 217 g/mol. The van der Waals surface area contributed by atoms with Gasteiger partial charge in [0.05, 0.1) is 12.2 Å². The zero-order valence-corrected chi connectivity index (χ0v) is 9.36. The molecule has 1 aromatic heterocycles. The van der Waals surface area contributed by atoms with Crippen molar-refractivity contribution in [2.24, 2.45) is 5.73 Å². The molecule has 0 atom stereocenters. The summed E-state index contributed by atoms with van der Waals surface area (Å²) in [5.74, 6) is -0.240. The Hall–Kier alpha value is -1.94. The molecule has 0 spiro atoms. The number of aromatic nitrogens is 1. The molecule has 0 amide bonds. The van der Waals surface area contributed by atoms with E-state index in [0.29, 0.717) is 13.1 Å². The zero-order chi connectivity index (χ0) is 12.1. The molecule has 2 aromatic rings. The second-order valence-electron chi connectivity index (χ2n) is 3.67. The molecule has 3 nitrogen and oxygen atoms in total. The highest BCUT2D eigenvalue weighted by Crippen LogP contribution is 2.11. The van der Waals surface area contributed by atoms with Crippen molar-refractivity contribution in [3.63, 3.8) is 0 Å². The van der Waals surface area contributed by atoms with Crippen molar-refractivity contribution in [1.82, 2.24) is 4.98 Å². The molecule has 2 rings (SSSR count). The molecule has 0 saturated heterocycles. The lowest BCUT2D eigenvalue weighted by molar-refractivity contribution is 0.628. The van der Waals surface area contributed by atoms with Gasteiger partial charge in [-0.2, -0.15) is 0 Å². The fourth-order valence-electron chi connectivity index (χ4n) is 1.57. The third-order valence-corrected chi connectivity index (χ3v) is 2.51. The Bertz CT molecular complexity index is 482. The Kier molecular flexibility index (Phi) is 3.67. The van der Waals surface area contributed by atoms with Crippen LogP contribution in [0, 0.1) is 5.82 Å². The minimum Gasteiger partial charge on any atom is -0.379 e. The standard InChI is InChI=1S/C13H14FN3/c14-11-3-5-12(6-4-11)17-9-13-10(8-15)2-1-7-16-13/h1-7,17H,8-9,15H2. The van der Waals surface area contributed by atoms with Gasteiger partial charge in [-0.1, -0.05) is 6.07 Å². The summed E-state index contributed by atoms with van der Waals surface area (Å²) in [5, 5.41) is 3.18. The highest BCUT2D eigenvalue weighted by molar-refractivity contribution is 5.43. The van der Waals surface area contributed by atoms with Gasteiger partial charge < -0.3 is 11.1 Å². The van der Waals surface area contributed by atoms with Crippen molar-refractivity contribution in [3.8, 4) is 0 Å². The fraction of sp³-hybridized carbons (Fsp3) is 0.154. The number of nitrogens with two attached hydrogens (primary N) is 1. The minimum absolute atomic E-state index is 0.240. The van der Waals surface area contributed by atoms with Gasteiger partial charge in [-0.3, -0.25) is 4.98 Å². The summed E-state index contributed by atoms with van der Waals surface area (Å²) in [6, 6.07) is 10.0. The first kappa shape index (κ1) is 11.5. The van der Waals surface area contributed by atoms with E-state index in [1.54, 1.807) is 18.3 Å². The first-order valence-corrected chi connectivity index (χ1v) is 5.42. The van der Waals surface area contributed by atoms with Crippen molar-refractivity contribution < 1.29 is 4.39 Å². The molecule has 3 N–H and O–H groups in total. The topological polar surface area (TPSA) is 50.9 Å². The summed E-state index contributed by atoms with van der Waals surface area (Å²) in [6.07, 6.45) is 1.74. The van der Waals surface area contributed by atoms with Crippen molar-refractivity contribution in [2.45, 2.75) is 13.1 Å². The summed E-state index contributed by atoms with van der Waals surface area (Å²) in [7, 11) is 0. The molecule has 4 heteroatoms. The van der Waals surface area contributed by atoms with E-state index in [0.717, 1.165) is 16.9 Å². The van der Waals surface area contributed by atoms with Crippen LogP contribution in [0.1, 0.15) is 11.3 Å². The number of rotatable bonds is 4. The SMILES string of the molecule is NCc1cccnc1CNc1ccc(F)cc1. The van der Waals surface area contributed by atoms with Crippen LogP contribution < -0.4 is 11.1 Å². The van der Waals surface area contributed by atoms with Gasteiger partial charge >= 0.3 is 0 Å². The molecule has 0 aliphatic carbocycles. The van der Waals surface area contributed by atoms with Crippen molar-refractivity contribution >= 4 is 5.69 Å². The van der Waals surface area contributed by atoms with Gasteiger partial charge in [0.1, 0.15) is 5.82 Å². The minimum atomic E-state index is -0.240. The molecule has 0 aliphatic rings. The molecule has 0 unspecified atom stereocenters. The number of benzene rings is 1. The molecule has 0 bridgehead atoms. The first-order valence-electron chi connectivity index (χ1n) is 5.42. The number of hydrogen-bond acceptors (Lipinski definition) is 3. The Morgan fingerprint density at radius 2 is 1.94 bits per heavy atom. The summed E-state index contributed by atoms with van der Waals surface area (Å²) in [6.45, 7) is 1.05. The van der Waals surface area contributed by atoms with E-state index in [1.807, 2.05) is 12.1 Å². The highest BCUT2D eigenvalue weighted by atomic mass is 19.1. The summed E-state index contributed by atoms with van der Waals surface area (Å²) in [4.78, 5) is 4.27. The smallest absolute Gasteiger partial charge is 0.123 e. The van der Waals surface area contributed by atoms with Gasteiger partial charge in [-0.05, 0) is 35.9 Å². The van der Waals surface area contributed by atoms with Crippen LogP contribution in [0.5, 0.6) is 0 Å². The maximum absolute atomic E-state index is 12.7. The Labute approximate surface area is 99.5 Å². The molecule has 17 heavy (non-hydrogen) atoms. The lowest BCUT2D eigenvalue weighted by Crippen LogP contribution is -2.08. The monoisotopic (exact) mass is 231 g/mol. The molecule has 0 aliphatic heterocycles. The lowest BCUT2D eigenvalue weighted by atomic mass is 10.2. The van der Waals surface area contributed by atoms with Crippen LogP contribution in [0.25, 0.3) is 0 Å². The van der Waals surface area contributed by atoms with Crippen LogP contribution in [0.2, 0.25) is 0 Å². The number of hydrogen-bond donors (Lipinski definition) is 2. The number of nitrogens with zero attached hydrogens (tertiary/aromatic N) is 1. The van der Waals surface area contributed by atoms with Crippen LogP contribution in [0.3, 0.4) is 0 Å². The summed E-state index contributed by atoms with van der Waals surface area (Å²) < 4.78 is 12.7. The van der Waals surface area contributed by atoms with Gasteiger partial charge in [0, 0.05) is 18.4 Å². The van der Waals surface area contributed by atoms with Gasteiger partial charge in [0.2, 0.25) is 0 Å². The maximum Gasteiger partial charge on any atom is 0.123 e. The van der Waals surface area contributed by atoms with E-state index < -0.39 is 0 Å². The van der Waals surface area contributed by atoms with E-state index in [2.05, 4.69) is 10.3 Å². The lowest BCUT2D eigenvalue weighted by Gasteiger charge is -2.09. The van der Waals surface area contributed by atoms with Gasteiger partial charge in [-0.25, -0.2) is 4.39 Å². The first-order chi connectivity index (χ1) is 8.29. The molecular formula is C13H14FN3. The third-order valence-electron chi connectivity index (χ3n) is 2.51. The van der Waals surface area contributed by atoms with Crippen molar-refractivity contribution in [1.29, 1.82) is 0 Å². The van der Waals surface area contributed by atoms with Crippen LogP contribution in [-0.2, 0) is 13.1 Å². The second-order valence-corrected chi connectivity index (χ2v) is 3.67. The Morgan fingerprint density at radius 3 is 2.65 bits per heavy atom. The van der Waals surface area contributed by atoms with E-state index in [-0.39, 0.29) is 5.82 Å². The van der Waals surface area contributed by atoms with Gasteiger partial charge in [-0.15, -0.1) is 0 Å². The molecule has 1 aromatic carbocycles. The maximum atomic E-state index is 12.7. The van der Waals surface area contributed by atoms with Crippen LogP contribution in [0.4, 0.5) is 10.1 Å². The summed E-state index contributed by atoms with van der Waals surface area (Å²) >= 11 is 0. The molecule has 88 valence electrons. The van der Waals surface area contributed by atoms with Crippen LogP contribution in [0.15, 0.2) is 42.6 Å². The van der Waals surface area contributed by atoms with E-state index in [1.165, 1.54) is 12.1 Å². The van der Waals surface area contributed by atoms with E-state index >= 15 is 0 Å². The molecule has 0 saturated carbocycles. The largest absolute Gasteiger partial charge is 0.379 e. The van der Waals surface area contributed by atoms with Crippen molar-refractivity contribution in [2.75, 3.05) is 5.32 Å². The molecule has 1 heterocycles. The molecule has 0 fully saturated rings. The normalized spacial score (nSPS) is 10.2. The molecule has 0 radical (unpaired) electrons. The second kappa shape index (κ2) is 5.41. The predicted molar refractivity (Wildman–Crippen MR) is 65.9 cm³/mol. The number of halogens is 1. The summed E-state index contributed by atoms with van der Waals surface area (Å²) in [5.41, 5.74) is 8.42. The highest BCUT2D eigenvalue weighted by Gasteiger charge is 2.01. The van der Waals surface area contributed by atoms with Crippen LogP contribution in [-0.4, -0.2) is 4.98 Å². The predicted octanol–water partition coefficient (Wildman–Crippen LogP) is 2.29. The van der Waals surface area contributed by atoms with Gasteiger partial charge in [0.15, 0.2) is 0 Å². The zero-order valence-electron chi connectivity index (χ0n) is 9.36. The number of anilines is 1. The Morgan fingerprint density at radius 1 is 1.18 bits per heavy atom. The average Bonchev–Trinajstić information content (AvgIpc) is 2.38. The number of pyridine rings is 1. The quantitative estimate of drug-likeness (QED) is 0.848. The fourth-order valence-corrected chi connectivity index (χ4v) is 1.57. The average molecular weight is 231 g/mol. The van der Waals surface area contributed by atoms with E-state index in [4.69, 9.17) is 5.73 Å². The van der Waals surface area contributed by atoms with E-state index in [9.17, 15) is 4.39 Å². The van der Waals surface area contributed by atoms with Crippen molar-refractivity contribution in [3.05, 3.63) is 59.7 Å². The number of nitrogens with one attached hydrogen (secondary N) is 1. The van der Waals surface area contributed by atoms with Crippen LogP contribution >= 0.6 is 0 Å².